The molecule has 0 bridgehead atoms. The van der Waals surface area contributed by atoms with E-state index in [-0.39, 0.29) is 30.5 Å². The number of ether oxygens (including phenoxy) is 2. The second-order valence-corrected chi connectivity index (χ2v) is 7.71. The van der Waals surface area contributed by atoms with E-state index in [0.717, 1.165) is 44.2 Å². The molecule has 1 unspecified atom stereocenters. The van der Waals surface area contributed by atoms with Gasteiger partial charge in [0.15, 0.2) is 5.96 Å². The van der Waals surface area contributed by atoms with Crippen LogP contribution in [0.4, 0.5) is 0 Å². The van der Waals surface area contributed by atoms with Crippen molar-refractivity contribution < 1.29 is 19.0 Å². The number of hydrogen-bond donors (Lipinski definition) is 3. The van der Waals surface area contributed by atoms with Crippen LogP contribution in [-0.2, 0) is 16.9 Å². The van der Waals surface area contributed by atoms with E-state index in [1.165, 1.54) is 0 Å². The molecule has 3 N–H and O–H groups in total. The van der Waals surface area contributed by atoms with Gasteiger partial charge in [0, 0.05) is 31.7 Å². The lowest BCUT2D eigenvalue weighted by Gasteiger charge is -2.26. The van der Waals surface area contributed by atoms with Crippen LogP contribution in [-0.4, -0.2) is 68.5 Å². The summed E-state index contributed by atoms with van der Waals surface area (Å²) in [6.45, 7) is 10.2. The van der Waals surface area contributed by atoms with E-state index in [4.69, 9.17) is 13.9 Å². The van der Waals surface area contributed by atoms with Crippen molar-refractivity contribution in [3.05, 3.63) is 54.0 Å². The maximum absolute atomic E-state index is 10.7. The number of aliphatic imine (C=N–C) groups is 1. The lowest BCUT2D eigenvalue weighted by Crippen LogP contribution is -2.44. The Hall–Kier alpha value is -1.82. The SMILES string of the molecule is CCNC(=NCc1ccccc1OCCN1CCOCC1)NCC(C)(O)c1ccco1.I. The molecule has 1 atom stereocenters. The Labute approximate surface area is 207 Å². The average molecular weight is 558 g/mol. The number of furan rings is 1. The molecule has 3 rings (SSSR count). The van der Waals surface area contributed by atoms with Gasteiger partial charge in [0.2, 0.25) is 0 Å². The van der Waals surface area contributed by atoms with Crippen LogP contribution in [0.25, 0.3) is 0 Å². The highest BCUT2D eigenvalue weighted by atomic mass is 127. The minimum Gasteiger partial charge on any atom is -0.492 e. The maximum atomic E-state index is 10.7. The van der Waals surface area contributed by atoms with Gasteiger partial charge < -0.3 is 29.6 Å². The van der Waals surface area contributed by atoms with Crippen LogP contribution in [0.2, 0.25) is 0 Å². The van der Waals surface area contributed by atoms with Crippen LogP contribution in [0.1, 0.15) is 25.2 Å². The van der Waals surface area contributed by atoms with Crippen molar-refractivity contribution >= 4 is 29.9 Å². The quantitative estimate of drug-likeness (QED) is 0.235. The molecule has 32 heavy (non-hydrogen) atoms. The van der Waals surface area contributed by atoms with Gasteiger partial charge in [0.05, 0.1) is 32.6 Å². The van der Waals surface area contributed by atoms with Crippen molar-refractivity contribution in [3.63, 3.8) is 0 Å². The van der Waals surface area contributed by atoms with Crippen LogP contribution in [0.5, 0.6) is 5.75 Å². The highest BCUT2D eigenvalue weighted by Crippen LogP contribution is 2.20. The largest absolute Gasteiger partial charge is 0.492 e. The van der Waals surface area contributed by atoms with Gasteiger partial charge in [-0.05, 0) is 32.0 Å². The molecular formula is C23H35IN4O4. The molecular weight excluding hydrogens is 523 g/mol. The molecule has 1 aromatic carbocycles. The zero-order valence-electron chi connectivity index (χ0n) is 18.9. The highest BCUT2D eigenvalue weighted by Gasteiger charge is 2.26. The first kappa shape index (κ1) is 26.4. The fourth-order valence-corrected chi connectivity index (χ4v) is 3.32. The molecule has 9 heteroatoms. The van der Waals surface area contributed by atoms with Crippen molar-refractivity contribution in [2.45, 2.75) is 26.0 Å². The summed E-state index contributed by atoms with van der Waals surface area (Å²) in [4.78, 5) is 7.02. The summed E-state index contributed by atoms with van der Waals surface area (Å²) in [5.41, 5.74) is -0.125. The third-order valence-electron chi connectivity index (χ3n) is 5.15. The third kappa shape index (κ3) is 8.27. The summed E-state index contributed by atoms with van der Waals surface area (Å²) in [6.07, 6.45) is 1.55. The minimum atomic E-state index is -1.14. The molecule has 8 nitrogen and oxygen atoms in total. The van der Waals surface area contributed by atoms with Crippen molar-refractivity contribution in [3.8, 4) is 5.75 Å². The van der Waals surface area contributed by atoms with E-state index in [1.54, 1.807) is 25.3 Å². The number of halogens is 1. The van der Waals surface area contributed by atoms with E-state index in [9.17, 15) is 5.11 Å². The molecule has 178 valence electrons. The molecule has 0 aliphatic carbocycles. The molecule has 2 aromatic rings. The van der Waals surface area contributed by atoms with Gasteiger partial charge in [0.25, 0.3) is 0 Å². The van der Waals surface area contributed by atoms with Crippen molar-refractivity contribution in [2.24, 2.45) is 4.99 Å². The lowest BCUT2D eigenvalue weighted by atomic mass is 10.0. The minimum absolute atomic E-state index is 0. The van der Waals surface area contributed by atoms with Crippen molar-refractivity contribution in [1.29, 1.82) is 0 Å². The predicted octanol–water partition coefficient (Wildman–Crippen LogP) is 2.57. The van der Waals surface area contributed by atoms with E-state index >= 15 is 0 Å². The number of morpholine rings is 1. The Morgan fingerprint density at radius 3 is 2.69 bits per heavy atom. The molecule has 0 radical (unpaired) electrons. The first-order chi connectivity index (χ1) is 15.1. The molecule has 0 spiro atoms. The standard InChI is InChI=1S/C23H34N4O4.HI/c1-3-24-22(26-18-23(2,28)21-9-6-13-31-21)25-17-19-7-4-5-8-20(19)30-16-12-27-10-14-29-15-11-27;/h4-9,13,28H,3,10-12,14-18H2,1-2H3,(H2,24,25,26);1H. The Kier molecular flexibility index (Phi) is 11.3. The average Bonchev–Trinajstić information content (AvgIpc) is 3.33. The van der Waals surface area contributed by atoms with Crippen LogP contribution >= 0.6 is 24.0 Å². The second-order valence-electron chi connectivity index (χ2n) is 7.71. The first-order valence-electron chi connectivity index (χ1n) is 10.9. The van der Waals surface area contributed by atoms with Gasteiger partial charge in [-0.25, -0.2) is 4.99 Å². The van der Waals surface area contributed by atoms with Gasteiger partial charge in [0.1, 0.15) is 23.7 Å². The van der Waals surface area contributed by atoms with E-state index in [0.29, 0.717) is 31.4 Å². The molecule has 1 fully saturated rings. The van der Waals surface area contributed by atoms with Gasteiger partial charge in [-0.3, -0.25) is 4.90 Å². The summed E-state index contributed by atoms with van der Waals surface area (Å²) in [5.74, 6) is 1.98. The van der Waals surface area contributed by atoms with Crippen LogP contribution in [0.3, 0.4) is 0 Å². The number of benzene rings is 1. The van der Waals surface area contributed by atoms with Gasteiger partial charge in [-0.1, -0.05) is 18.2 Å². The normalized spacial score (nSPS) is 16.7. The summed E-state index contributed by atoms with van der Waals surface area (Å²) in [7, 11) is 0. The van der Waals surface area contributed by atoms with E-state index in [2.05, 4.69) is 20.5 Å². The zero-order valence-corrected chi connectivity index (χ0v) is 21.2. The van der Waals surface area contributed by atoms with Gasteiger partial charge in [-0.2, -0.15) is 0 Å². The summed E-state index contributed by atoms with van der Waals surface area (Å²) in [6, 6.07) is 11.5. The molecule has 1 aliphatic rings. The fourth-order valence-electron chi connectivity index (χ4n) is 3.32. The first-order valence-corrected chi connectivity index (χ1v) is 10.9. The number of para-hydroxylation sites is 1. The zero-order chi connectivity index (χ0) is 21.9. The fraction of sp³-hybridized carbons (Fsp3) is 0.522. The molecule has 0 amide bonds. The Balaban J connectivity index is 0.00000363. The Morgan fingerprint density at radius 1 is 1.19 bits per heavy atom. The second kappa shape index (κ2) is 13.7. The smallest absolute Gasteiger partial charge is 0.191 e. The Bertz CT molecular complexity index is 808. The maximum Gasteiger partial charge on any atom is 0.191 e. The van der Waals surface area contributed by atoms with Gasteiger partial charge >= 0.3 is 0 Å². The lowest BCUT2D eigenvalue weighted by molar-refractivity contribution is 0.0322. The van der Waals surface area contributed by atoms with Crippen LogP contribution in [0.15, 0.2) is 52.1 Å². The number of aliphatic hydroxyl groups is 1. The van der Waals surface area contributed by atoms with Crippen LogP contribution < -0.4 is 15.4 Å². The monoisotopic (exact) mass is 558 g/mol. The number of nitrogens with one attached hydrogen (secondary N) is 2. The van der Waals surface area contributed by atoms with E-state index < -0.39 is 5.60 Å². The highest BCUT2D eigenvalue weighted by molar-refractivity contribution is 14.0. The molecule has 2 heterocycles. The summed E-state index contributed by atoms with van der Waals surface area (Å²) >= 11 is 0. The number of rotatable bonds is 10. The molecule has 1 aromatic heterocycles. The summed E-state index contributed by atoms with van der Waals surface area (Å²) < 4.78 is 16.8. The molecule has 0 saturated carbocycles. The number of hydrogen-bond acceptors (Lipinski definition) is 6. The van der Waals surface area contributed by atoms with Crippen molar-refractivity contribution in [1.82, 2.24) is 15.5 Å². The number of guanidine groups is 1. The molecule has 1 aliphatic heterocycles. The summed E-state index contributed by atoms with van der Waals surface area (Å²) in [5, 5.41) is 17.1. The van der Waals surface area contributed by atoms with Crippen molar-refractivity contribution in [2.75, 3.05) is 52.5 Å². The van der Waals surface area contributed by atoms with Gasteiger partial charge in [-0.15, -0.1) is 24.0 Å². The molecule has 1 saturated heterocycles. The number of nitrogens with zero attached hydrogens (tertiary/aromatic N) is 2. The predicted molar refractivity (Wildman–Crippen MR) is 136 cm³/mol. The van der Waals surface area contributed by atoms with E-state index in [1.807, 2.05) is 31.2 Å². The Morgan fingerprint density at radius 2 is 1.97 bits per heavy atom. The van der Waals surface area contributed by atoms with Crippen LogP contribution in [0, 0.1) is 0 Å². The topological polar surface area (TPSA) is 91.5 Å². The third-order valence-corrected chi connectivity index (χ3v) is 5.15.